The number of allylic oxidation sites excluding steroid dienone is 4. The molecule has 0 aliphatic heterocycles. The van der Waals surface area contributed by atoms with Gasteiger partial charge in [0.15, 0.2) is 6.20 Å². The zero-order valence-corrected chi connectivity index (χ0v) is 8.83. The minimum absolute atomic E-state index is 1.17. The standard InChI is InChI=1S/C13H16N/c1-11-7-3-4-8-12(11)13-9-5-6-10-14(13)2/h5-10H,3-4H2,1-2H3/q+1. The SMILES string of the molecule is CC1=CCCC=C1c1cccc[n+]1C. The van der Waals surface area contributed by atoms with Crippen molar-refractivity contribution in [2.75, 3.05) is 0 Å². The molecule has 1 aliphatic carbocycles. The summed E-state index contributed by atoms with van der Waals surface area (Å²) in [6, 6.07) is 6.33. The van der Waals surface area contributed by atoms with Crippen LogP contribution in [-0.2, 0) is 7.05 Å². The van der Waals surface area contributed by atoms with Crippen LogP contribution in [0.1, 0.15) is 25.5 Å². The van der Waals surface area contributed by atoms with Gasteiger partial charge in [-0.25, -0.2) is 4.57 Å². The third-order valence-corrected chi connectivity index (χ3v) is 2.72. The molecular formula is C13H16N+. The van der Waals surface area contributed by atoms with Crippen molar-refractivity contribution in [3.63, 3.8) is 0 Å². The van der Waals surface area contributed by atoms with Crippen LogP contribution in [0, 0.1) is 0 Å². The van der Waals surface area contributed by atoms with Gasteiger partial charge in [-0.15, -0.1) is 0 Å². The Labute approximate surface area is 85.4 Å². The highest BCUT2D eigenvalue weighted by molar-refractivity contribution is 5.75. The van der Waals surface area contributed by atoms with Gasteiger partial charge in [0.05, 0.1) is 0 Å². The van der Waals surface area contributed by atoms with Gasteiger partial charge < -0.3 is 0 Å². The molecule has 1 aliphatic rings. The van der Waals surface area contributed by atoms with E-state index in [1.165, 1.54) is 29.7 Å². The van der Waals surface area contributed by atoms with E-state index in [4.69, 9.17) is 0 Å². The number of hydrogen-bond acceptors (Lipinski definition) is 0. The maximum absolute atomic E-state index is 2.34. The minimum Gasteiger partial charge on any atom is -0.201 e. The Hall–Kier alpha value is -1.37. The van der Waals surface area contributed by atoms with Crippen molar-refractivity contribution in [1.29, 1.82) is 0 Å². The Morgan fingerprint density at radius 1 is 1.14 bits per heavy atom. The topological polar surface area (TPSA) is 3.88 Å². The van der Waals surface area contributed by atoms with Crippen molar-refractivity contribution >= 4 is 5.57 Å². The summed E-state index contributed by atoms with van der Waals surface area (Å²) in [5.74, 6) is 0. The second-order valence-electron chi connectivity index (χ2n) is 3.78. The molecule has 1 aromatic heterocycles. The second kappa shape index (κ2) is 3.79. The Bertz CT molecular complexity index is 399. The molecule has 0 saturated carbocycles. The fourth-order valence-electron chi connectivity index (χ4n) is 1.91. The van der Waals surface area contributed by atoms with Crippen molar-refractivity contribution in [2.24, 2.45) is 7.05 Å². The van der Waals surface area contributed by atoms with Crippen LogP contribution in [0.15, 0.2) is 42.1 Å². The van der Waals surface area contributed by atoms with Gasteiger partial charge in [-0.2, -0.15) is 0 Å². The first-order valence-corrected chi connectivity index (χ1v) is 5.11. The average Bonchev–Trinajstić information content (AvgIpc) is 2.20. The summed E-state index contributed by atoms with van der Waals surface area (Å²) < 4.78 is 2.18. The normalized spacial score (nSPS) is 16.1. The summed E-state index contributed by atoms with van der Waals surface area (Å²) in [6.07, 6.45) is 9.11. The molecule has 0 fully saturated rings. The van der Waals surface area contributed by atoms with Crippen molar-refractivity contribution in [3.05, 3.63) is 47.8 Å². The number of rotatable bonds is 1. The number of nitrogens with zero attached hydrogens (tertiary/aromatic N) is 1. The Balaban J connectivity index is 2.45. The fraction of sp³-hybridized carbons (Fsp3) is 0.308. The molecule has 0 unspecified atom stereocenters. The Kier molecular flexibility index (Phi) is 2.49. The maximum Gasteiger partial charge on any atom is 0.212 e. The van der Waals surface area contributed by atoms with Crippen LogP contribution in [-0.4, -0.2) is 0 Å². The predicted molar refractivity (Wildman–Crippen MR) is 58.6 cm³/mol. The van der Waals surface area contributed by atoms with Gasteiger partial charge in [-0.3, -0.25) is 0 Å². The van der Waals surface area contributed by atoms with Crippen LogP contribution in [0.2, 0.25) is 0 Å². The highest BCUT2D eigenvalue weighted by Gasteiger charge is 2.14. The van der Waals surface area contributed by atoms with Crippen LogP contribution >= 0.6 is 0 Å². The quantitative estimate of drug-likeness (QED) is 0.594. The molecule has 1 nitrogen and oxygen atoms in total. The van der Waals surface area contributed by atoms with Gasteiger partial charge in [0.1, 0.15) is 7.05 Å². The molecular weight excluding hydrogens is 170 g/mol. The molecule has 1 heterocycles. The van der Waals surface area contributed by atoms with Crippen molar-refractivity contribution in [3.8, 4) is 0 Å². The van der Waals surface area contributed by atoms with E-state index in [1.54, 1.807) is 0 Å². The number of pyridine rings is 1. The summed E-state index contributed by atoms with van der Waals surface area (Å²) in [5, 5.41) is 0. The highest BCUT2D eigenvalue weighted by Crippen LogP contribution is 2.25. The molecule has 72 valence electrons. The molecule has 1 aromatic rings. The largest absolute Gasteiger partial charge is 0.212 e. The van der Waals surface area contributed by atoms with E-state index in [1.807, 2.05) is 0 Å². The molecule has 0 aromatic carbocycles. The highest BCUT2D eigenvalue weighted by atomic mass is 14.9. The van der Waals surface area contributed by atoms with Crippen LogP contribution in [0.3, 0.4) is 0 Å². The van der Waals surface area contributed by atoms with Gasteiger partial charge in [-0.1, -0.05) is 12.2 Å². The summed E-state index contributed by atoms with van der Waals surface area (Å²) >= 11 is 0. The lowest BCUT2D eigenvalue weighted by atomic mass is 9.96. The molecule has 14 heavy (non-hydrogen) atoms. The van der Waals surface area contributed by atoms with E-state index in [-0.39, 0.29) is 0 Å². The third kappa shape index (κ3) is 1.63. The molecule has 0 amide bonds. The molecule has 0 spiro atoms. The molecule has 2 rings (SSSR count). The molecule has 1 heteroatoms. The van der Waals surface area contributed by atoms with E-state index in [2.05, 4.69) is 55.1 Å². The summed E-state index contributed by atoms with van der Waals surface area (Å²) in [6.45, 7) is 2.19. The van der Waals surface area contributed by atoms with E-state index >= 15 is 0 Å². The van der Waals surface area contributed by atoms with E-state index < -0.39 is 0 Å². The second-order valence-corrected chi connectivity index (χ2v) is 3.78. The molecule has 0 N–H and O–H groups in total. The van der Waals surface area contributed by atoms with E-state index in [9.17, 15) is 0 Å². The molecule has 0 radical (unpaired) electrons. The summed E-state index contributed by atoms with van der Waals surface area (Å²) in [7, 11) is 2.10. The van der Waals surface area contributed by atoms with Gasteiger partial charge in [0.25, 0.3) is 0 Å². The monoisotopic (exact) mass is 186 g/mol. The summed E-state index contributed by atoms with van der Waals surface area (Å²) in [5.41, 5.74) is 4.10. The molecule has 0 bridgehead atoms. The smallest absolute Gasteiger partial charge is 0.201 e. The number of hydrogen-bond donors (Lipinski definition) is 0. The maximum atomic E-state index is 2.34. The first-order valence-electron chi connectivity index (χ1n) is 5.11. The van der Waals surface area contributed by atoms with Gasteiger partial charge >= 0.3 is 0 Å². The van der Waals surface area contributed by atoms with Gasteiger partial charge in [0, 0.05) is 17.7 Å². The van der Waals surface area contributed by atoms with Crippen LogP contribution in [0.25, 0.3) is 5.57 Å². The zero-order valence-electron chi connectivity index (χ0n) is 8.83. The van der Waals surface area contributed by atoms with Crippen molar-refractivity contribution in [2.45, 2.75) is 19.8 Å². The summed E-state index contributed by atoms with van der Waals surface area (Å²) in [4.78, 5) is 0. The lowest BCUT2D eigenvalue weighted by Gasteiger charge is -2.10. The Morgan fingerprint density at radius 2 is 1.93 bits per heavy atom. The van der Waals surface area contributed by atoms with Gasteiger partial charge in [-0.05, 0) is 31.4 Å². The number of aromatic nitrogens is 1. The van der Waals surface area contributed by atoms with Crippen molar-refractivity contribution < 1.29 is 4.57 Å². The fourth-order valence-corrected chi connectivity index (χ4v) is 1.91. The third-order valence-electron chi connectivity index (χ3n) is 2.72. The average molecular weight is 186 g/mol. The van der Waals surface area contributed by atoms with Crippen LogP contribution < -0.4 is 4.57 Å². The van der Waals surface area contributed by atoms with E-state index in [0.717, 1.165) is 0 Å². The van der Waals surface area contributed by atoms with Crippen molar-refractivity contribution in [1.82, 2.24) is 0 Å². The first kappa shape index (κ1) is 9.20. The van der Waals surface area contributed by atoms with Gasteiger partial charge in [0.2, 0.25) is 5.69 Å². The number of aryl methyl sites for hydroxylation is 1. The van der Waals surface area contributed by atoms with Crippen LogP contribution in [0.5, 0.6) is 0 Å². The zero-order chi connectivity index (χ0) is 9.97. The predicted octanol–water partition coefficient (Wildman–Crippen LogP) is 2.63. The molecule has 0 saturated heterocycles. The Morgan fingerprint density at radius 3 is 2.64 bits per heavy atom. The van der Waals surface area contributed by atoms with E-state index in [0.29, 0.717) is 0 Å². The lowest BCUT2D eigenvalue weighted by molar-refractivity contribution is -0.673. The first-order chi connectivity index (χ1) is 6.79. The van der Waals surface area contributed by atoms with Crippen LogP contribution in [0.4, 0.5) is 0 Å². The molecule has 0 atom stereocenters. The minimum atomic E-state index is 1.17. The lowest BCUT2D eigenvalue weighted by Crippen LogP contribution is -2.32.